The first kappa shape index (κ1) is 21.4. The highest BCUT2D eigenvalue weighted by atomic mass is 127. The van der Waals surface area contributed by atoms with Gasteiger partial charge in [-0.15, -0.1) is 24.0 Å². The standard InChI is InChI=1S/C17H23FN4O2.HI/c1-4-19-17(21-10-16-22-11(2)12(3)24-16)20-9-15(23)13-5-7-14(18)8-6-13;/h5-8,15,23H,4,9-10H2,1-3H3,(H2,19,20,21);1H. The van der Waals surface area contributed by atoms with Crippen LogP contribution in [-0.4, -0.2) is 29.1 Å². The Labute approximate surface area is 164 Å². The molecule has 2 rings (SSSR count). The van der Waals surface area contributed by atoms with E-state index in [4.69, 9.17) is 4.42 Å². The van der Waals surface area contributed by atoms with Gasteiger partial charge in [0.25, 0.3) is 0 Å². The van der Waals surface area contributed by atoms with E-state index in [2.05, 4.69) is 20.6 Å². The summed E-state index contributed by atoms with van der Waals surface area (Å²) in [7, 11) is 0. The number of aliphatic imine (C=N–C) groups is 1. The monoisotopic (exact) mass is 462 g/mol. The fraction of sp³-hybridized carbons (Fsp3) is 0.412. The summed E-state index contributed by atoms with van der Waals surface area (Å²) >= 11 is 0. The van der Waals surface area contributed by atoms with Crippen LogP contribution in [0.5, 0.6) is 0 Å². The van der Waals surface area contributed by atoms with E-state index in [-0.39, 0.29) is 36.3 Å². The van der Waals surface area contributed by atoms with Gasteiger partial charge in [0, 0.05) is 13.1 Å². The van der Waals surface area contributed by atoms with Gasteiger partial charge < -0.3 is 20.2 Å². The molecular weight excluding hydrogens is 438 g/mol. The zero-order valence-corrected chi connectivity index (χ0v) is 16.9. The molecule has 2 aromatic rings. The van der Waals surface area contributed by atoms with Gasteiger partial charge in [-0.2, -0.15) is 0 Å². The second-order valence-corrected chi connectivity index (χ2v) is 5.39. The van der Waals surface area contributed by atoms with Crippen LogP contribution in [0.4, 0.5) is 4.39 Å². The highest BCUT2D eigenvalue weighted by Gasteiger charge is 2.09. The van der Waals surface area contributed by atoms with Gasteiger partial charge in [0.2, 0.25) is 5.89 Å². The number of aryl methyl sites for hydroxylation is 2. The van der Waals surface area contributed by atoms with Crippen LogP contribution >= 0.6 is 24.0 Å². The largest absolute Gasteiger partial charge is 0.444 e. The van der Waals surface area contributed by atoms with Crippen LogP contribution < -0.4 is 10.6 Å². The third kappa shape index (κ3) is 6.62. The van der Waals surface area contributed by atoms with Gasteiger partial charge in [-0.25, -0.2) is 14.4 Å². The maximum atomic E-state index is 12.9. The molecule has 6 nitrogen and oxygen atoms in total. The lowest BCUT2D eigenvalue weighted by molar-refractivity contribution is 0.180. The smallest absolute Gasteiger partial charge is 0.216 e. The number of nitrogens with zero attached hydrogens (tertiary/aromatic N) is 2. The van der Waals surface area contributed by atoms with Crippen LogP contribution in [0, 0.1) is 19.7 Å². The van der Waals surface area contributed by atoms with Gasteiger partial charge in [0.05, 0.1) is 11.8 Å². The molecular formula is C17H24FIN4O2. The van der Waals surface area contributed by atoms with E-state index in [0.29, 0.717) is 30.5 Å². The Hall–Kier alpha value is -1.68. The number of nitrogens with one attached hydrogen (secondary N) is 2. The zero-order chi connectivity index (χ0) is 17.5. The molecule has 1 unspecified atom stereocenters. The zero-order valence-electron chi connectivity index (χ0n) is 14.5. The third-order valence-corrected chi connectivity index (χ3v) is 3.51. The van der Waals surface area contributed by atoms with Crippen molar-refractivity contribution in [3.05, 3.63) is 53.0 Å². The van der Waals surface area contributed by atoms with E-state index in [9.17, 15) is 9.50 Å². The van der Waals surface area contributed by atoms with Gasteiger partial charge in [-0.05, 0) is 38.5 Å². The number of aliphatic hydroxyl groups is 1. The van der Waals surface area contributed by atoms with E-state index >= 15 is 0 Å². The van der Waals surface area contributed by atoms with Crippen LogP contribution in [0.15, 0.2) is 33.7 Å². The van der Waals surface area contributed by atoms with Crippen molar-refractivity contribution >= 4 is 29.9 Å². The summed E-state index contributed by atoms with van der Waals surface area (Å²) in [5.74, 6) is 1.55. The molecule has 0 aliphatic rings. The van der Waals surface area contributed by atoms with Crippen LogP contribution in [-0.2, 0) is 6.54 Å². The molecule has 0 radical (unpaired) electrons. The van der Waals surface area contributed by atoms with Gasteiger partial charge in [0.1, 0.15) is 18.1 Å². The van der Waals surface area contributed by atoms with Crippen molar-refractivity contribution in [2.45, 2.75) is 33.4 Å². The Balaban J connectivity index is 0.00000312. The molecule has 1 atom stereocenters. The molecule has 0 amide bonds. The highest BCUT2D eigenvalue weighted by Crippen LogP contribution is 2.12. The van der Waals surface area contributed by atoms with Gasteiger partial charge in [0.15, 0.2) is 5.96 Å². The normalized spacial score (nSPS) is 12.4. The Kier molecular flexibility index (Phi) is 8.84. The molecule has 0 saturated carbocycles. The lowest BCUT2D eigenvalue weighted by Crippen LogP contribution is -2.39. The highest BCUT2D eigenvalue weighted by molar-refractivity contribution is 14.0. The minimum atomic E-state index is -0.763. The summed E-state index contributed by atoms with van der Waals surface area (Å²) < 4.78 is 18.4. The number of halogens is 2. The minimum absolute atomic E-state index is 0. The number of benzene rings is 1. The fourth-order valence-corrected chi connectivity index (χ4v) is 2.09. The number of rotatable bonds is 6. The lowest BCUT2D eigenvalue weighted by Gasteiger charge is -2.15. The van der Waals surface area contributed by atoms with E-state index in [1.165, 1.54) is 12.1 Å². The fourth-order valence-electron chi connectivity index (χ4n) is 2.09. The summed E-state index contributed by atoms with van der Waals surface area (Å²) in [6.45, 7) is 6.93. The lowest BCUT2D eigenvalue weighted by atomic mass is 10.1. The molecule has 138 valence electrons. The number of hydrogen-bond acceptors (Lipinski definition) is 4. The van der Waals surface area contributed by atoms with Gasteiger partial charge in [-0.3, -0.25) is 0 Å². The minimum Gasteiger partial charge on any atom is -0.444 e. The summed E-state index contributed by atoms with van der Waals surface area (Å²) in [4.78, 5) is 8.66. The van der Waals surface area contributed by atoms with Crippen molar-refractivity contribution in [2.24, 2.45) is 4.99 Å². The third-order valence-electron chi connectivity index (χ3n) is 3.51. The molecule has 1 aromatic heterocycles. The first-order chi connectivity index (χ1) is 11.5. The molecule has 3 N–H and O–H groups in total. The maximum absolute atomic E-state index is 12.9. The van der Waals surface area contributed by atoms with E-state index < -0.39 is 6.10 Å². The van der Waals surface area contributed by atoms with Gasteiger partial charge >= 0.3 is 0 Å². The Morgan fingerprint density at radius 2 is 1.96 bits per heavy atom. The van der Waals surface area contributed by atoms with E-state index in [1.54, 1.807) is 12.1 Å². The quantitative estimate of drug-likeness (QED) is 0.350. The van der Waals surface area contributed by atoms with E-state index in [1.807, 2.05) is 20.8 Å². The van der Waals surface area contributed by atoms with Gasteiger partial charge in [-0.1, -0.05) is 12.1 Å². The first-order valence-corrected chi connectivity index (χ1v) is 7.88. The molecule has 1 heterocycles. The predicted molar refractivity (Wildman–Crippen MR) is 106 cm³/mol. The van der Waals surface area contributed by atoms with Crippen molar-refractivity contribution in [2.75, 3.05) is 13.1 Å². The Bertz CT molecular complexity index is 669. The van der Waals surface area contributed by atoms with Crippen LogP contribution in [0.3, 0.4) is 0 Å². The topological polar surface area (TPSA) is 82.7 Å². The molecule has 25 heavy (non-hydrogen) atoms. The summed E-state index contributed by atoms with van der Waals surface area (Å²) in [5, 5.41) is 16.3. The molecule has 0 aliphatic heterocycles. The van der Waals surface area contributed by atoms with Crippen molar-refractivity contribution < 1.29 is 13.9 Å². The summed E-state index contributed by atoms with van der Waals surface area (Å²) in [6.07, 6.45) is -0.763. The second kappa shape index (κ2) is 10.3. The molecule has 8 heteroatoms. The average molecular weight is 462 g/mol. The van der Waals surface area contributed by atoms with Crippen molar-refractivity contribution in [3.63, 3.8) is 0 Å². The molecule has 0 aliphatic carbocycles. The predicted octanol–water partition coefficient (Wildman–Crippen LogP) is 2.84. The van der Waals surface area contributed by atoms with Crippen molar-refractivity contribution in [1.82, 2.24) is 15.6 Å². The van der Waals surface area contributed by atoms with Crippen LogP contribution in [0.25, 0.3) is 0 Å². The number of guanidine groups is 1. The number of aromatic nitrogens is 1. The SMILES string of the molecule is CCNC(=NCc1nc(C)c(C)o1)NCC(O)c1ccc(F)cc1.I. The molecule has 1 aromatic carbocycles. The Morgan fingerprint density at radius 3 is 2.52 bits per heavy atom. The van der Waals surface area contributed by atoms with Crippen molar-refractivity contribution in [1.29, 1.82) is 0 Å². The number of aliphatic hydroxyl groups excluding tert-OH is 1. The summed E-state index contributed by atoms with van der Waals surface area (Å²) in [5.41, 5.74) is 1.49. The second-order valence-electron chi connectivity index (χ2n) is 5.39. The number of oxazole rings is 1. The molecule has 0 bridgehead atoms. The first-order valence-electron chi connectivity index (χ1n) is 7.88. The van der Waals surface area contributed by atoms with E-state index in [0.717, 1.165) is 11.5 Å². The molecule has 0 saturated heterocycles. The Morgan fingerprint density at radius 1 is 1.28 bits per heavy atom. The van der Waals surface area contributed by atoms with Crippen molar-refractivity contribution in [3.8, 4) is 0 Å². The molecule has 0 fully saturated rings. The van der Waals surface area contributed by atoms with Crippen LogP contribution in [0.1, 0.15) is 35.9 Å². The average Bonchev–Trinajstić information content (AvgIpc) is 2.88. The summed E-state index contributed by atoms with van der Waals surface area (Å²) in [6, 6.07) is 5.77. The van der Waals surface area contributed by atoms with Crippen LogP contribution in [0.2, 0.25) is 0 Å². The maximum Gasteiger partial charge on any atom is 0.216 e. The molecule has 0 spiro atoms. The number of hydrogen-bond donors (Lipinski definition) is 3.